The van der Waals surface area contributed by atoms with E-state index in [9.17, 15) is 27.6 Å². The third-order valence-corrected chi connectivity index (χ3v) is 6.70. The lowest BCUT2D eigenvalue weighted by atomic mass is 9.66. The zero-order chi connectivity index (χ0) is 29.6. The molecule has 1 aromatic carbocycles. The Balaban J connectivity index is 2.03. The molecule has 3 aromatic rings. The summed E-state index contributed by atoms with van der Waals surface area (Å²) in [5.41, 5.74) is -2.63. The second-order valence-corrected chi connectivity index (χ2v) is 10.1. The zero-order valence-corrected chi connectivity index (χ0v) is 22.8. The molecule has 3 N–H and O–H groups in total. The van der Waals surface area contributed by atoms with Crippen LogP contribution in [0.1, 0.15) is 52.5 Å². The summed E-state index contributed by atoms with van der Waals surface area (Å²) in [4.78, 5) is 40.1. The molecule has 0 saturated carbocycles. The number of nitrogens with zero attached hydrogens (tertiary/aromatic N) is 3. The number of hydrogen-bond donors (Lipinski definition) is 3. The van der Waals surface area contributed by atoms with Gasteiger partial charge in [0.15, 0.2) is 0 Å². The summed E-state index contributed by atoms with van der Waals surface area (Å²) in [6.07, 6.45) is 0.655. The number of H-pyrrole nitrogens is 1. The lowest BCUT2D eigenvalue weighted by molar-refractivity contribution is -0.143. The van der Waals surface area contributed by atoms with Crippen LogP contribution in [-0.4, -0.2) is 49.9 Å². The van der Waals surface area contributed by atoms with Gasteiger partial charge in [-0.25, -0.2) is 4.79 Å². The van der Waals surface area contributed by atoms with Crippen molar-refractivity contribution in [1.29, 1.82) is 0 Å². The van der Waals surface area contributed by atoms with E-state index >= 15 is 0 Å². The molecule has 0 unspecified atom stereocenters. The zero-order valence-electron chi connectivity index (χ0n) is 22.8. The van der Waals surface area contributed by atoms with Crippen molar-refractivity contribution in [3.8, 4) is 11.1 Å². The van der Waals surface area contributed by atoms with Crippen molar-refractivity contribution < 1.29 is 32.3 Å². The van der Waals surface area contributed by atoms with Gasteiger partial charge < -0.3 is 15.4 Å². The van der Waals surface area contributed by atoms with Gasteiger partial charge in [-0.1, -0.05) is 46.2 Å². The summed E-state index contributed by atoms with van der Waals surface area (Å²) < 4.78 is 45.6. The van der Waals surface area contributed by atoms with E-state index in [1.165, 1.54) is 35.3 Å². The number of ether oxygens (including phenoxy) is 1. The van der Waals surface area contributed by atoms with Gasteiger partial charge >= 0.3 is 12.3 Å². The fourth-order valence-corrected chi connectivity index (χ4v) is 4.49. The smallest absolute Gasteiger partial charge is 0.416 e. The summed E-state index contributed by atoms with van der Waals surface area (Å²) in [6, 6.07) is 6.05. The Morgan fingerprint density at radius 1 is 1.02 bits per heavy atom. The van der Waals surface area contributed by atoms with Crippen LogP contribution in [0.5, 0.6) is 0 Å². The van der Waals surface area contributed by atoms with Gasteiger partial charge in [-0.2, -0.15) is 23.4 Å². The minimum absolute atomic E-state index is 0.102. The summed E-state index contributed by atoms with van der Waals surface area (Å²) in [5.74, 6) is -1.72. The van der Waals surface area contributed by atoms with Crippen molar-refractivity contribution >= 4 is 23.6 Å². The monoisotopic (exact) mass is 562 g/mol. The van der Waals surface area contributed by atoms with Crippen LogP contribution in [0.25, 0.3) is 11.1 Å². The average Bonchev–Trinajstić information content (AvgIpc) is 3.58. The van der Waals surface area contributed by atoms with Gasteiger partial charge in [0.2, 0.25) is 5.78 Å². The molecule has 2 amide bonds. The van der Waals surface area contributed by atoms with E-state index in [0.717, 1.165) is 12.1 Å². The normalized spacial score (nSPS) is 13.4. The Kier molecular flexibility index (Phi) is 9.38. The number of halogens is 3. The molecule has 0 saturated heterocycles. The molecular formula is C27H33F3N6O4. The Labute approximate surface area is 229 Å². The Bertz CT molecular complexity index is 1300. The van der Waals surface area contributed by atoms with E-state index in [-0.39, 0.29) is 19.0 Å². The van der Waals surface area contributed by atoms with Gasteiger partial charge in [0.05, 0.1) is 31.1 Å². The topological polar surface area (TPSA) is 131 Å². The molecule has 13 heteroatoms. The SMILES string of the molecule is CCCOC(=O)N[C@@](Cn1cc(-c2ccc(C(F)(F)F)cc2)cn1)(C(=O)C(=O)Nc1ccn[nH]1)C(C)(C)CCC. The molecular weight excluding hydrogens is 529 g/mol. The van der Waals surface area contributed by atoms with Crippen LogP contribution in [0.4, 0.5) is 23.8 Å². The molecule has 0 aliphatic heterocycles. The fourth-order valence-electron chi connectivity index (χ4n) is 4.49. The van der Waals surface area contributed by atoms with Crippen molar-refractivity contribution in [3.05, 3.63) is 54.5 Å². The first-order valence-electron chi connectivity index (χ1n) is 12.8. The second kappa shape index (κ2) is 12.3. The predicted molar refractivity (Wildman–Crippen MR) is 141 cm³/mol. The Morgan fingerprint density at radius 2 is 1.73 bits per heavy atom. The third kappa shape index (κ3) is 6.88. The largest absolute Gasteiger partial charge is 0.450 e. The number of alkyl halides is 3. The maximum atomic E-state index is 14.0. The standard InChI is InChI=1S/C27H33F3N6O4/c1-5-12-25(3,4)26(34-24(39)40-14-6-2,22(37)23(38)33-21-11-13-31-35-21)17-36-16-19(15-32-36)18-7-9-20(10-8-18)27(28,29)30/h7-11,13,15-16H,5-6,12,14,17H2,1-4H3,(H,34,39)(H2,31,33,35,38)/t26-/m0/s1. The highest BCUT2D eigenvalue weighted by atomic mass is 19.4. The average molecular weight is 563 g/mol. The van der Waals surface area contributed by atoms with Gasteiger partial charge in [0.25, 0.3) is 5.91 Å². The molecule has 0 bridgehead atoms. The van der Waals surface area contributed by atoms with Crippen molar-refractivity contribution in [2.24, 2.45) is 5.41 Å². The molecule has 2 aromatic heterocycles. The van der Waals surface area contributed by atoms with Crippen LogP contribution in [0.3, 0.4) is 0 Å². The second-order valence-electron chi connectivity index (χ2n) is 10.1. The van der Waals surface area contributed by atoms with E-state index in [4.69, 9.17) is 4.74 Å². The third-order valence-electron chi connectivity index (χ3n) is 6.70. The number of carbonyl (C=O) groups excluding carboxylic acids is 3. The van der Waals surface area contributed by atoms with Crippen LogP contribution in [0, 0.1) is 5.41 Å². The summed E-state index contributed by atoms with van der Waals surface area (Å²) in [7, 11) is 0. The Hall–Kier alpha value is -4.16. The number of carbonyl (C=O) groups is 3. The minimum atomic E-state index is -4.47. The molecule has 3 rings (SSSR count). The van der Waals surface area contributed by atoms with E-state index < -0.39 is 40.5 Å². The molecule has 2 heterocycles. The van der Waals surface area contributed by atoms with E-state index in [0.29, 0.717) is 30.4 Å². The highest BCUT2D eigenvalue weighted by Gasteiger charge is 2.55. The molecule has 0 aliphatic rings. The Morgan fingerprint density at radius 3 is 2.30 bits per heavy atom. The van der Waals surface area contributed by atoms with Crippen molar-refractivity contribution in [3.63, 3.8) is 0 Å². The van der Waals surface area contributed by atoms with Gasteiger partial charge in [0.1, 0.15) is 11.4 Å². The van der Waals surface area contributed by atoms with Gasteiger partial charge in [-0.05, 0) is 36.0 Å². The molecule has 1 atom stereocenters. The van der Waals surface area contributed by atoms with E-state index in [1.807, 2.05) is 13.8 Å². The summed E-state index contributed by atoms with van der Waals surface area (Å²) in [5, 5.41) is 15.8. The molecule has 216 valence electrons. The number of rotatable bonds is 12. The number of anilines is 1. The number of amides is 2. The highest BCUT2D eigenvalue weighted by molar-refractivity contribution is 6.44. The van der Waals surface area contributed by atoms with Crippen LogP contribution in [0.15, 0.2) is 48.9 Å². The number of nitrogens with one attached hydrogen (secondary N) is 3. The molecule has 40 heavy (non-hydrogen) atoms. The van der Waals surface area contributed by atoms with Crippen LogP contribution in [0.2, 0.25) is 0 Å². The first kappa shape index (κ1) is 30.4. The number of Topliss-reactive ketones (excluding diaryl/α,β-unsaturated/α-hetero) is 1. The van der Waals surface area contributed by atoms with Crippen LogP contribution >= 0.6 is 0 Å². The van der Waals surface area contributed by atoms with Gasteiger partial charge in [-0.15, -0.1) is 0 Å². The van der Waals surface area contributed by atoms with Gasteiger partial charge in [0, 0.05) is 17.8 Å². The van der Waals surface area contributed by atoms with E-state index in [1.54, 1.807) is 20.0 Å². The lowest BCUT2D eigenvalue weighted by Crippen LogP contribution is -2.67. The number of alkyl carbamates (subject to hydrolysis) is 1. The quantitative estimate of drug-likeness (QED) is 0.260. The van der Waals surface area contributed by atoms with Crippen molar-refractivity contribution in [2.45, 2.75) is 65.2 Å². The summed E-state index contributed by atoms with van der Waals surface area (Å²) in [6.45, 7) is 7.10. The number of ketones is 1. The number of aromatic nitrogens is 4. The highest BCUT2D eigenvalue weighted by Crippen LogP contribution is 2.39. The number of benzene rings is 1. The summed E-state index contributed by atoms with van der Waals surface area (Å²) >= 11 is 0. The van der Waals surface area contributed by atoms with Crippen LogP contribution < -0.4 is 10.6 Å². The van der Waals surface area contributed by atoms with Crippen molar-refractivity contribution in [2.75, 3.05) is 11.9 Å². The minimum Gasteiger partial charge on any atom is -0.450 e. The number of aromatic amines is 1. The maximum Gasteiger partial charge on any atom is 0.416 e. The van der Waals surface area contributed by atoms with Gasteiger partial charge in [-0.3, -0.25) is 19.4 Å². The molecule has 0 fully saturated rings. The first-order chi connectivity index (χ1) is 18.8. The van der Waals surface area contributed by atoms with Crippen LogP contribution in [-0.2, 0) is 27.0 Å². The fraction of sp³-hybridized carbons (Fsp3) is 0.444. The first-order valence-corrected chi connectivity index (χ1v) is 12.8. The molecule has 0 spiro atoms. The molecule has 10 nitrogen and oxygen atoms in total. The van der Waals surface area contributed by atoms with Crippen molar-refractivity contribution in [1.82, 2.24) is 25.3 Å². The number of hydrogen-bond acceptors (Lipinski definition) is 6. The van der Waals surface area contributed by atoms with E-state index in [2.05, 4.69) is 25.9 Å². The lowest BCUT2D eigenvalue weighted by Gasteiger charge is -2.45. The maximum absolute atomic E-state index is 14.0. The predicted octanol–water partition coefficient (Wildman–Crippen LogP) is 5.20. The molecule has 0 radical (unpaired) electrons. The molecule has 0 aliphatic carbocycles.